The standard InChI is InChI=1S/C15H19Cl2N3O2/c1-19-13-4-3-11(20(7-5-16)8-6-17)9-12(13)18-14(19)10-15(21)22-2/h3-4,9H,5-8,10H2,1-2H3. The maximum atomic E-state index is 11.4. The number of hydrogen-bond donors (Lipinski definition) is 0. The van der Waals surface area contributed by atoms with Gasteiger partial charge in [-0.2, -0.15) is 0 Å². The average molecular weight is 344 g/mol. The molecule has 1 heterocycles. The highest BCUT2D eigenvalue weighted by Gasteiger charge is 2.14. The molecule has 0 radical (unpaired) electrons. The lowest BCUT2D eigenvalue weighted by atomic mass is 10.2. The average Bonchev–Trinajstić information content (AvgIpc) is 2.82. The second-order valence-electron chi connectivity index (χ2n) is 4.88. The van der Waals surface area contributed by atoms with Gasteiger partial charge in [-0.3, -0.25) is 4.79 Å². The molecular weight excluding hydrogens is 325 g/mol. The zero-order valence-corrected chi connectivity index (χ0v) is 14.2. The molecule has 5 nitrogen and oxygen atoms in total. The number of hydrogen-bond acceptors (Lipinski definition) is 4. The van der Waals surface area contributed by atoms with E-state index in [0.29, 0.717) is 17.6 Å². The lowest BCUT2D eigenvalue weighted by molar-refractivity contribution is -0.139. The summed E-state index contributed by atoms with van der Waals surface area (Å²) < 4.78 is 6.61. The summed E-state index contributed by atoms with van der Waals surface area (Å²) in [5.74, 6) is 1.44. The maximum Gasteiger partial charge on any atom is 0.313 e. The van der Waals surface area contributed by atoms with Crippen molar-refractivity contribution in [2.45, 2.75) is 6.42 Å². The molecule has 0 amide bonds. The number of nitrogens with zero attached hydrogens (tertiary/aromatic N) is 3. The van der Waals surface area contributed by atoms with Crippen LogP contribution in [-0.2, 0) is 23.0 Å². The van der Waals surface area contributed by atoms with Crippen molar-refractivity contribution in [3.63, 3.8) is 0 Å². The van der Waals surface area contributed by atoms with E-state index in [1.165, 1.54) is 7.11 Å². The van der Waals surface area contributed by atoms with Crippen molar-refractivity contribution in [2.75, 3.05) is 36.9 Å². The molecule has 1 aromatic carbocycles. The molecule has 2 rings (SSSR count). The van der Waals surface area contributed by atoms with Crippen LogP contribution in [0.15, 0.2) is 18.2 Å². The molecule has 0 saturated carbocycles. The minimum absolute atomic E-state index is 0.157. The van der Waals surface area contributed by atoms with E-state index in [0.717, 1.165) is 29.8 Å². The van der Waals surface area contributed by atoms with Gasteiger partial charge < -0.3 is 14.2 Å². The number of benzene rings is 1. The number of aromatic nitrogens is 2. The third kappa shape index (κ3) is 3.65. The molecule has 0 N–H and O–H groups in total. The monoisotopic (exact) mass is 343 g/mol. The summed E-state index contributed by atoms with van der Waals surface area (Å²) >= 11 is 11.7. The molecule has 0 saturated heterocycles. The maximum absolute atomic E-state index is 11.4. The summed E-state index contributed by atoms with van der Waals surface area (Å²) in [6, 6.07) is 6.01. The molecule has 0 fully saturated rings. The first kappa shape index (κ1) is 16.9. The van der Waals surface area contributed by atoms with Crippen molar-refractivity contribution in [2.24, 2.45) is 7.05 Å². The fourth-order valence-corrected chi connectivity index (χ4v) is 2.78. The van der Waals surface area contributed by atoms with Gasteiger partial charge in [-0.15, -0.1) is 23.2 Å². The van der Waals surface area contributed by atoms with Crippen LogP contribution in [-0.4, -0.2) is 47.5 Å². The summed E-state index contributed by atoms with van der Waals surface area (Å²) in [4.78, 5) is 18.1. The topological polar surface area (TPSA) is 47.4 Å². The number of anilines is 1. The van der Waals surface area contributed by atoms with Crippen molar-refractivity contribution in [1.82, 2.24) is 9.55 Å². The summed E-state index contributed by atoms with van der Waals surface area (Å²) in [6.45, 7) is 1.45. The number of aryl methyl sites for hydroxylation is 1. The number of ether oxygens (including phenoxy) is 1. The number of methoxy groups -OCH3 is 1. The van der Waals surface area contributed by atoms with E-state index in [1.54, 1.807) is 0 Å². The molecule has 0 aliphatic carbocycles. The van der Waals surface area contributed by atoms with E-state index >= 15 is 0 Å². The van der Waals surface area contributed by atoms with Crippen molar-refractivity contribution in [3.05, 3.63) is 24.0 Å². The Hall–Kier alpha value is -1.46. The van der Waals surface area contributed by atoms with E-state index in [-0.39, 0.29) is 12.4 Å². The van der Waals surface area contributed by atoms with Crippen LogP contribution in [0.1, 0.15) is 5.82 Å². The summed E-state index contributed by atoms with van der Waals surface area (Å²) in [5.41, 5.74) is 2.84. The molecule has 22 heavy (non-hydrogen) atoms. The second-order valence-corrected chi connectivity index (χ2v) is 5.63. The summed E-state index contributed by atoms with van der Waals surface area (Å²) in [6.07, 6.45) is 0.157. The summed E-state index contributed by atoms with van der Waals surface area (Å²) in [5, 5.41) is 0. The smallest absolute Gasteiger partial charge is 0.313 e. The summed E-state index contributed by atoms with van der Waals surface area (Å²) in [7, 11) is 3.27. The predicted molar refractivity (Wildman–Crippen MR) is 90.1 cm³/mol. The van der Waals surface area contributed by atoms with Gasteiger partial charge in [0.15, 0.2) is 0 Å². The van der Waals surface area contributed by atoms with E-state index in [2.05, 4.69) is 9.88 Å². The van der Waals surface area contributed by atoms with Gasteiger partial charge >= 0.3 is 5.97 Å². The molecular formula is C15H19Cl2N3O2. The Labute approximate surface area is 139 Å². The number of fused-ring (bicyclic) bond motifs is 1. The highest BCUT2D eigenvalue weighted by atomic mass is 35.5. The molecule has 0 unspecified atom stereocenters. The number of carbonyl (C=O) groups is 1. The van der Waals surface area contributed by atoms with Gasteiger partial charge in [0, 0.05) is 37.6 Å². The third-order valence-corrected chi connectivity index (χ3v) is 3.90. The lowest BCUT2D eigenvalue weighted by Gasteiger charge is -2.22. The molecule has 0 aliphatic rings. The van der Waals surface area contributed by atoms with Crippen molar-refractivity contribution in [3.8, 4) is 0 Å². The quantitative estimate of drug-likeness (QED) is 0.572. The fourth-order valence-electron chi connectivity index (χ4n) is 2.37. The van der Waals surface area contributed by atoms with Gasteiger partial charge in [0.1, 0.15) is 12.2 Å². The van der Waals surface area contributed by atoms with Gasteiger partial charge in [-0.1, -0.05) is 0 Å². The van der Waals surface area contributed by atoms with Gasteiger partial charge in [0.2, 0.25) is 0 Å². The molecule has 0 spiro atoms. The normalized spacial score (nSPS) is 10.9. The van der Waals surface area contributed by atoms with Crippen LogP contribution in [0.4, 0.5) is 5.69 Å². The number of alkyl halides is 2. The zero-order valence-electron chi connectivity index (χ0n) is 12.7. The first-order valence-electron chi connectivity index (χ1n) is 6.99. The van der Waals surface area contributed by atoms with Crippen LogP contribution in [0.25, 0.3) is 11.0 Å². The molecule has 120 valence electrons. The molecule has 0 bridgehead atoms. The van der Waals surface area contributed by atoms with Gasteiger partial charge in [-0.05, 0) is 18.2 Å². The Kier molecular flexibility index (Phi) is 5.91. The van der Waals surface area contributed by atoms with Crippen LogP contribution < -0.4 is 4.90 Å². The Morgan fingerprint density at radius 2 is 2.00 bits per heavy atom. The SMILES string of the molecule is COC(=O)Cc1nc2cc(N(CCCl)CCCl)ccc2n1C. The largest absolute Gasteiger partial charge is 0.469 e. The number of esters is 1. The van der Waals surface area contributed by atoms with Crippen LogP contribution in [0.2, 0.25) is 0 Å². The minimum Gasteiger partial charge on any atom is -0.469 e. The number of rotatable bonds is 7. The van der Waals surface area contributed by atoms with Crippen molar-refractivity contribution < 1.29 is 9.53 Å². The number of imidazole rings is 1. The molecule has 7 heteroatoms. The number of carbonyl (C=O) groups excluding carboxylic acids is 1. The van der Waals surface area contributed by atoms with E-state index in [9.17, 15) is 4.79 Å². The molecule has 2 aromatic rings. The van der Waals surface area contributed by atoms with Crippen LogP contribution in [0.3, 0.4) is 0 Å². The van der Waals surface area contributed by atoms with Crippen LogP contribution in [0, 0.1) is 0 Å². The molecule has 0 atom stereocenters. The zero-order chi connectivity index (χ0) is 16.1. The highest BCUT2D eigenvalue weighted by Crippen LogP contribution is 2.23. The van der Waals surface area contributed by atoms with E-state index < -0.39 is 0 Å². The van der Waals surface area contributed by atoms with Gasteiger partial charge in [0.05, 0.1) is 18.1 Å². The van der Waals surface area contributed by atoms with Crippen molar-refractivity contribution in [1.29, 1.82) is 0 Å². The van der Waals surface area contributed by atoms with Crippen molar-refractivity contribution >= 4 is 45.9 Å². The highest BCUT2D eigenvalue weighted by molar-refractivity contribution is 6.18. The molecule has 1 aromatic heterocycles. The Bertz CT molecular complexity index is 652. The van der Waals surface area contributed by atoms with Gasteiger partial charge in [0.25, 0.3) is 0 Å². The lowest BCUT2D eigenvalue weighted by Crippen LogP contribution is -2.27. The van der Waals surface area contributed by atoms with Crippen LogP contribution in [0.5, 0.6) is 0 Å². The first-order valence-corrected chi connectivity index (χ1v) is 8.06. The predicted octanol–water partition coefficient (Wildman–Crippen LogP) is 2.57. The Morgan fingerprint density at radius 1 is 1.32 bits per heavy atom. The number of halogens is 2. The second kappa shape index (κ2) is 7.70. The third-order valence-electron chi connectivity index (χ3n) is 3.56. The van der Waals surface area contributed by atoms with Gasteiger partial charge in [-0.25, -0.2) is 4.98 Å². The molecule has 0 aliphatic heterocycles. The minimum atomic E-state index is -0.301. The Morgan fingerprint density at radius 3 is 2.59 bits per heavy atom. The van der Waals surface area contributed by atoms with Crippen LogP contribution >= 0.6 is 23.2 Å². The first-order chi connectivity index (χ1) is 10.6. The Balaban J connectivity index is 2.35. The van der Waals surface area contributed by atoms with E-state index in [4.69, 9.17) is 27.9 Å². The van der Waals surface area contributed by atoms with E-state index in [1.807, 2.05) is 29.8 Å². The fraction of sp³-hybridized carbons (Fsp3) is 0.467.